The molecule has 0 bridgehead atoms. The average molecular weight is 479 g/mol. The lowest BCUT2D eigenvalue weighted by molar-refractivity contribution is -0.384. The first kappa shape index (κ1) is 23.4. The summed E-state index contributed by atoms with van der Waals surface area (Å²) in [6, 6.07) is 14.8. The van der Waals surface area contributed by atoms with Crippen LogP contribution >= 0.6 is 0 Å². The van der Waals surface area contributed by atoms with Crippen molar-refractivity contribution < 1.29 is 14.8 Å². The van der Waals surface area contributed by atoms with E-state index >= 15 is 0 Å². The van der Waals surface area contributed by atoms with Crippen LogP contribution in [0.5, 0.6) is 5.75 Å². The van der Waals surface area contributed by atoms with Crippen molar-refractivity contribution in [3.63, 3.8) is 0 Å². The summed E-state index contributed by atoms with van der Waals surface area (Å²) in [5.41, 5.74) is 1.86. The molecule has 0 saturated heterocycles. The fourth-order valence-corrected chi connectivity index (χ4v) is 3.35. The number of nitro groups is 1. The van der Waals surface area contributed by atoms with Crippen molar-refractivity contribution >= 4 is 29.0 Å². The smallest absolute Gasteiger partial charge is 0.329 e. The van der Waals surface area contributed by atoms with Gasteiger partial charge in [-0.3, -0.25) is 24.5 Å². The summed E-state index contributed by atoms with van der Waals surface area (Å²) < 4.78 is 8.13. The van der Waals surface area contributed by atoms with Gasteiger partial charge in [0.2, 0.25) is 5.95 Å². The summed E-state index contributed by atoms with van der Waals surface area (Å²) in [5, 5.41) is 25.6. The van der Waals surface area contributed by atoms with Crippen molar-refractivity contribution in [3.05, 3.63) is 91.1 Å². The molecule has 0 aliphatic carbocycles. The normalized spacial score (nSPS) is 12.2. The first-order chi connectivity index (χ1) is 16.8. The Kier molecular flexibility index (Phi) is 6.69. The predicted octanol–water partition coefficient (Wildman–Crippen LogP) is 1.22. The van der Waals surface area contributed by atoms with Crippen molar-refractivity contribution in [2.24, 2.45) is 12.1 Å². The first-order valence-corrected chi connectivity index (χ1v) is 10.4. The van der Waals surface area contributed by atoms with E-state index in [2.05, 4.69) is 20.5 Å². The van der Waals surface area contributed by atoms with Crippen LogP contribution in [0.25, 0.3) is 11.2 Å². The molecule has 35 heavy (non-hydrogen) atoms. The van der Waals surface area contributed by atoms with Gasteiger partial charge >= 0.3 is 5.69 Å². The Morgan fingerprint density at radius 3 is 2.77 bits per heavy atom. The van der Waals surface area contributed by atoms with E-state index in [1.165, 1.54) is 36.0 Å². The predicted molar refractivity (Wildman–Crippen MR) is 128 cm³/mol. The minimum Gasteiger partial charge on any atom is -0.491 e. The van der Waals surface area contributed by atoms with Gasteiger partial charge < -0.3 is 14.4 Å². The number of aromatic amines is 1. The van der Waals surface area contributed by atoms with Gasteiger partial charge in [-0.1, -0.05) is 30.3 Å². The quantitative estimate of drug-likeness (QED) is 0.183. The maximum absolute atomic E-state index is 12.6. The lowest BCUT2D eigenvalue weighted by atomic mass is 10.2. The van der Waals surface area contributed by atoms with Crippen molar-refractivity contribution in [2.45, 2.75) is 12.6 Å². The maximum atomic E-state index is 12.6. The molecule has 0 radical (unpaired) electrons. The molecule has 2 heterocycles. The number of para-hydroxylation sites is 1. The molecule has 4 aromatic rings. The molecular weight excluding hydrogens is 458 g/mol. The van der Waals surface area contributed by atoms with E-state index in [1.54, 1.807) is 30.3 Å². The van der Waals surface area contributed by atoms with Crippen LogP contribution in [0.3, 0.4) is 0 Å². The number of hydrazone groups is 1. The summed E-state index contributed by atoms with van der Waals surface area (Å²) in [7, 11) is 1.45. The van der Waals surface area contributed by atoms with Crippen LogP contribution in [-0.4, -0.2) is 48.1 Å². The summed E-state index contributed by atoms with van der Waals surface area (Å²) in [5.74, 6) is 0.648. The minimum absolute atomic E-state index is 0.0545. The zero-order valence-electron chi connectivity index (χ0n) is 18.5. The molecule has 0 spiro atoms. The van der Waals surface area contributed by atoms with E-state index in [0.717, 1.165) is 4.57 Å². The molecule has 0 aliphatic rings. The average Bonchev–Trinajstić information content (AvgIpc) is 3.20. The Morgan fingerprint density at radius 1 is 1.26 bits per heavy atom. The highest BCUT2D eigenvalue weighted by Crippen LogP contribution is 2.17. The maximum Gasteiger partial charge on any atom is 0.329 e. The van der Waals surface area contributed by atoms with E-state index in [1.807, 2.05) is 6.07 Å². The highest BCUT2D eigenvalue weighted by Gasteiger charge is 2.20. The number of nitrogens with one attached hydrogen (secondary N) is 2. The Hall–Kier alpha value is -4.78. The molecule has 0 unspecified atom stereocenters. The zero-order chi connectivity index (χ0) is 24.9. The van der Waals surface area contributed by atoms with Crippen molar-refractivity contribution in [2.75, 3.05) is 12.0 Å². The molecular formula is C22H21N7O6. The standard InChI is InChI=1S/C22H21N7O6/c1-27-19-18(20(31)25-22(27)32)28(12-16(30)13-35-17-8-3-2-4-9-17)21(24-19)26-23-11-14-6-5-7-15(10-14)29(33)34/h2-11,16,30H,12-13H2,1H3,(H,24,26)(H,25,31,32)/b23-11+/t16-/m1/s1. The molecule has 4 rings (SSSR count). The van der Waals surface area contributed by atoms with Crippen LogP contribution in [0.2, 0.25) is 0 Å². The number of benzene rings is 2. The molecule has 0 amide bonds. The van der Waals surface area contributed by atoms with Crippen LogP contribution in [0, 0.1) is 10.1 Å². The zero-order valence-corrected chi connectivity index (χ0v) is 18.5. The van der Waals surface area contributed by atoms with Crippen molar-refractivity contribution in [1.29, 1.82) is 0 Å². The van der Waals surface area contributed by atoms with Crippen molar-refractivity contribution in [3.8, 4) is 5.75 Å². The number of nitrogens with zero attached hydrogens (tertiary/aromatic N) is 5. The number of anilines is 1. The van der Waals surface area contributed by atoms with Gasteiger partial charge in [0.15, 0.2) is 11.2 Å². The van der Waals surface area contributed by atoms with E-state index < -0.39 is 22.3 Å². The molecule has 2 aromatic carbocycles. The van der Waals surface area contributed by atoms with E-state index in [9.17, 15) is 24.8 Å². The highest BCUT2D eigenvalue weighted by atomic mass is 16.6. The second kappa shape index (κ2) is 10.0. The molecule has 0 saturated carbocycles. The van der Waals surface area contributed by atoms with E-state index in [4.69, 9.17) is 4.74 Å². The monoisotopic (exact) mass is 479 g/mol. The van der Waals surface area contributed by atoms with Gasteiger partial charge in [-0.15, -0.1) is 0 Å². The fourth-order valence-electron chi connectivity index (χ4n) is 3.35. The molecule has 0 fully saturated rings. The SMILES string of the molecule is Cn1c(=O)[nH]c(=O)c2c1nc(N/N=C/c1cccc([N+](=O)[O-])c1)n2C[C@@H](O)COc1ccccc1. The molecule has 2 aromatic heterocycles. The van der Waals surface area contributed by atoms with Gasteiger partial charge in [-0.05, 0) is 12.1 Å². The summed E-state index contributed by atoms with van der Waals surface area (Å²) in [6.45, 7) is -0.164. The lowest BCUT2D eigenvalue weighted by Gasteiger charge is -2.15. The molecule has 13 nitrogen and oxygen atoms in total. The van der Waals surface area contributed by atoms with Gasteiger partial charge in [-0.25, -0.2) is 10.2 Å². The number of fused-ring (bicyclic) bond motifs is 1. The Labute approximate surface area is 197 Å². The molecule has 3 N–H and O–H groups in total. The number of hydrogen-bond acceptors (Lipinski definition) is 9. The van der Waals surface area contributed by atoms with Gasteiger partial charge in [0.1, 0.15) is 18.5 Å². The van der Waals surface area contributed by atoms with Crippen LogP contribution in [0.4, 0.5) is 11.6 Å². The number of non-ortho nitro benzene ring substituents is 1. The van der Waals surface area contributed by atoms with Gasteiger partial charge in [0.25, 0.3) is 11.2 Å². The largest absolute Gasteiger partial charge is 0.491 e. The van der Waals surface area contributed by atoms with Gasteiger partial charge in [0.05, 0.1) is 17.7 Å². The van der Waals surface area contributed by atoms with Crippen molar-refractivity contribution in [1.82, 2.24) is 19.1 Å². The fraction of sp³-hybridized carbons (Fsp3) is 0.182. The topological polar surface area (TPSA) is 170 Å². The van der Waals surface area contributed by atoms with E-state index in [0.29, 0.717) is 11.3 Å². The van der Waals surface area contributed by atoms with E-state index in [-0.39, 0.29) is 36.0 Å². The number of hydrogen-bond donors (Lipinski definition) is 3. The number of aryl methyl sites for hydroxylation is 1. The third kappa shape index (κ3) is 5.25. The number of aliphatic hydroxyl groups is 1. The van der Waals surface area contributed by atoms with Crippen LogP contribution < -0.4 is 21.4 Å². The lowest BCUT2D eigenvalue weighted by Crippen LogP contribution is -2.30. The molecule has 0 aliphatic heterocycles. The second-order valence-corrected chi connectivity index (χ2v) is 7.54. The first-order valence-electron chi connectivity index (χ1n) is 10.4. The Balaban J connectivity index is 1.62. The van der Waals surface area contributed by atoms with Crippen LogP contribution in [-0.2, 0) is 13.6 Å². The summed E-state index contributed by atoms with van der Waals surface area (Å²) in [4.78, 5) is 41.6. The number of H-pyrrole nitrogens is 1. The number of ether oxygens (including phenoxy) is 1. The number of imidazole rings is 1. The van der Waals surface area contributed by atoms with Crippen LogP contribution in [0.15, 0.2) is 69.3 Å². The second-order valence-electron chi connectivity index (χ2n) is 7.54. The molecule has 13 heteroatoms. The molecule has 180 valence electrons. The summed E-state index contributed by atoms with van der Waals surface area (Å²) in [6.07, 6.45) is 0.306. The van der Waals surface area contributed by atoms with Crippen LogP contribution in [0.1, 0.15) is 5.56 Å². The highest BCUT2D eigenvalue weighted by molar-refractivity contribution is 5.81. The Bertz CT molecular complexity index is 1510. The van der Waals surface area contributed by atoms with Gasteiger partial charge in [-0.2, -0.15) is 10.1 Å². The number of nitro benzene ring substituents is 1. The Morgan fingerprint density at radius 2 is 2.03 bits per heavy atom. The number of rotatable bonds is 9. The van der Waals surface area contributed by atoms with Gasteiger partial charge in [0, 0.05) is 24.7 Å². The minimum atomic E-state index is -1.04. The number of aromatic nitrogens is 4. The summed E-state index contributed by atoms with van der Waals surface area (Å²) >= 11 is 0. The molecule has 1 atom stereocenters. The number of aliphatic hydroxyl groups excluding tert-OH is 1. The third-order valence-corrected chi connectivity index (χ3v) is 5.05. The third-order valence-electron chi connectivity index (χ3n) is 5.05.